The van der Waals surface area contributed by atoms with E-state index in [4.69, 9.17) is 4.99 Å². The van der Waals surface area contributed by atoms with Crippen LogP contribution in [0.5, 0.6) is 0 Å². The Labute approximate surface area is 166 Å². The van der Waals surface area contributed by atoms with Crippen molar-refractivity contribution in [1.29, 1.82) is 0 Å². The molecule has 0 aromatic rings. The molecule has 1 spiro atoms. The highest BCUT2D eigenvalue weighted by atomic mass is 127. The van der Waals surface area contributed by atoms with E-state index in [0.717, 1.165) is 26.2 Å². The molecule has 4 nitrogen and oxygen atoms in total. The number of aliphatic imine (C=N–C) groups is 1. The van der Waals surface area contributed by atoms with Gasteiger partial charge in [0.1, 0.15) is 0 Å². The lowest BCUT2D eigenvalue weighted by Crippen LogP contribution is -2.41. The molecule has 2 fully saturated rings. The first kappa shape index (κ1) is 22.0. The van der Waals surface area contributed by atoms with Crippen LogP contribution in [0.15, 0.2) is 4.99 Å². The van der Waals surface area contributed by atoms with Crippen LogP contribution in [0.4, 0.5) is 0 Å². The maximum atomic E-state index is 4.91. The van der Waals surface area contributed by atoms with Gasteiger partial charge < -0.3 is 15.1 Å². The molecule has 1 saturated carbocycles. The van der Waals surface area contributed by atoms with Gasteiger partial charge in [0, 0.05) is 26.2 Å². The molecule has 0 amide bonds. The number of halogens is 1. The first-order chi connectivity index (χ1) is 11.2. The van der Waals surface area contributed by atoms with Crippen LogP contribution in [0.25, 0.3) is 0 Å². The zero-order valence-corrected chi connectivity index (χ0v) is 18.5. The molecule has 0 bridgehead atoms. The van der Waals surface area contributed by atoms with Crippen molar-refractivity contribution in [2.45, 2.75) is 65.7 Å². The Morgan fingerprint density at radius 2 is 1.79 bits per heavy atom. The zero-order valence-electron chi connectivity index (χ0n) is 16.1. The van der Waals surface area contributed by atoms with Crippen molar-refractivity contribution in [3.05, 3.63) is 0 Å². The quantitative estimate of drug-likeness (QED) is 0.263. The molecule has 2 aliphatic rings. The van der Waals surface area contributed by atoms with Gasteiger partial charge in [-0.3, -0.25) is 4.99 Å². The number of hydrogen-bond donors (Lipinski definition) is 1. The molecule has 1 N–H and O–H groups in total. The summed E-state index contributed by atoms with van der Waals surface area (Å²) in [7, 11) is 0. The summed E-state index contributed by atoms with van der Waals surface area (Å²) < 4.78 is 0. The Bertz CT molecular complexity index is 362. The van der Waals surface area contributed by atoms with Gasteiger partial charge in [-0.2, -0.15) is 0 Å². The third kappa shape index (κ3) is 6.36. The number of hydrogen-bond acceptors (Lipinski definition) is 2. The van der Waals surface area contributed by atoms with Gasteiger partial charge in [0.15, 0.2) is 5.96 Å². The minimum atomic E-state index is 0. The average Bonchev–Trinajstić information content (AvgIpc) is 3.20. The standard InChI is InChI=1S/C19H38N4.HI/c1-4-20-18(21-14-9-10-15-22(5-2)6-3)23-16-13-19(17-23)11-7-8-12-19;/h4-17H2,1-3H3,(H,20,21);1H. The second-order valence-corrected chi connectivity index (χ2v) is 7.35. The van der Waals surface area contributed by atoms with Gasteiger partial charge in [-0.05, 0) is 64.1 Å². The minimum Gasteiger partial charge on any atom is -0.357 e. The van der Waals surface area contributed by atoms with E-state index in [1.807, 2.05) is 0 Å². The van der Waals surface area contributed by atoms with Crippen molar-refractivity contribution in [3.8, 4) is 0 Å². The molecule has 142 valence electrons. The summed E-state index contributed by atoms with van der Waals surface area (Å²) in [5.74, 6) is 1.17. The van der Waals surface area contributed by atoms with Crippen LogP contribution >= 0.6 is 24.0 Å². The predicted molar refractivity (Wildman–Crippen MR) is 116 cm³/mol. The normalized spacial score (nSPS) is 20.0. The lowest BCUT2D eigenvalue weighted by molar-refractivity contribution is 0.297. The second-order valence-electron chi connectivity index (χ2n) is 7.35. The van der Waals surface area contributed by atoms with Crippen molar-refractivity contribution in [3.63, 3.8) is 0 Å². The summed E-state index contributed by atoms with van der Waals surface area (Å²) in [6.45, 7) is 14.6. The van der Waals surface area contributed by atoms with E-state index in [9.17, 15) is 0 Å². The van der Waals surface area contributed by atoms with Gasteiger partial charge in [0.05, 0.1) is 0 Å². The van der Waals surface area contributed by atoms with Gasteiger partial charge in [0.25, 0.3) is 0 Å². The topological polar surface area (TPSA) is 30.9 Å². The van der Waals surface area contributed by atoms with E-state index < -0.39 is 0 Å². The minimum absolute atomic E-state index is 0. The van der Waals surface area contributed by atoms with E-state index in [2.05, 4.69) is 35.9 Å². The van der Waals surface area contributed by atoms with Gasteiger partial charge in [-0.25, -0.2) is 0 Å². The molecule has 1 aliphatic carbocycles. The number of rotatable bonds is 8. The maximum Gasteiger partial charge on any atom is 0.193 e. The number of nitrogens with zero attached hydrogens (tertiary/aromatic N) is 3. The smallest absolute Gasteiger partial charge is 0.193 e. The third-order valence-corrected chi connectivity index (χ3v) is 5.78. The van der Waals surface area contributed by atoms with E-state index in [-0.39, 0.29) is 24.0 Å². The zero-order chi connectivity index (χ0) is 16.5. The fourth-order valence-corrected chi connectivity index (χ4v) is 4.25. The Hall–Kier alpha value is -0.0400. The summed E-state index contributed by atoms with van der Waals surface area (Å²) >= 11 is 0. The Balaban J connectivity index is 0.00000288. The highest BCUT2D eigenvalue weighted by Crippen LogP contribution is 2.45. The Kier molecular flexibility index (Phi) is 10.6. The predicted octanol–water partition coefficient (Wildman–Crippen LogP) is 3.96. The molecule has 1 aliphatic heterocycles. The fourth-order valence-electron chi connectivity index (χ4n) is 4.25. The lowest BCUT2D eigenvalue weighted by Gasteiger charge is -2.26. The molecule has 0 aromatic heterocycles. The van der Waals surface area contributed by atoms with E-state index in [1.54, 1.807) is 0 Å². The molecular weight excluding hydrogens is 411 g/mol. The number of likely N-dealkylation sites (tertiary alicyclic amines) is 1. The molecule has 2 rings (SSSR count). The van der Waals surface area contributed by atoms with Crippen molar-refractivity contribution in [1.82, 2.24) is 15.1 Å². The van der Waals surface area contributed by atoms with Gasteiger partial charge in [0.2, 0.25) is 0 Å². The lowest BCUT2D eigenvalue weighted by atomic mass is 9.86. The summed E-state index contributed by atoms with van der Waals surface area (Å²) in [6, 6.07) is 0. The van der Waals surface area contributed by atoms with Crippen molar-refractivity contribution < 1.29 is 0 Å². The first-order valence-electron chi connectivity index (χ1n) is 9.98. The summed E-state index contributed by atoms with van der Waals surface area (Å²) in [5, 5.41) is 3.52. The van der Waals surface area contributed by atoms with Crippen LogP contribution in [0.2, 0.25) is 0 Å². The van der Waals surface area contributed by atoms with Crippen molar-refractivity contribution >= 4 is 29.9 Å². The third-order valence-electron chi connectivity index (χ3n) is 5.78. The number of unbranched alkanes of at least 4 members (excludes halogenated alkanes) is 1. The van der Waals surface area contributed by atoms with Crippen LogP contribution < -0.4 is 5.32 Å². The summed E-state index contributed by atoms with van der Waals surface area (Å²) in [6.07, 6.45) is 9.58. The molecule has 0 radical (unpaired) electrons. The van der Waals surface area contributed by atoms with E-state index >= 15 is 0 Å². The molecule has 5 heteroatoms. The van der Waals surface area contributed by atoms with Gasteiger partial charge in [-0.1, -0.05) is 26.7 Å². The first-order valence-corrected chi connectivity index (χ1v) is 9.98. The maximum absolute atomic E-state index is 4.91. The summed E-state index contributed by atoms with van der Waals surface area (Å²) in [5.41, 5.74) is 0.624. The van der Waals surface area contributed by atoms with Crippen LogP contribution in [-0.2, 0) is 0 Å². The largest absolute Gasteiger partial charge is 0.357 e. The fraction of sp³-hybridized carbons (Fsp3) is 0.947. The SMILES string of the molecule is CCNC(=NCCCCN(CC)CC)N1CCC2(CCCC2)C1.I. The van der Waals surface area contributed by atoms with Crippen molar-refractivity contribution in [2.75, 3.05) is 45.8 Å². The summed E-state index contributed by atoms with van der Waals surface area (Å²) in [4.78, 5) is 9.94. The monoisotopic (exact) mass is 450 g/mol. The molecule has 24 heavy (non-hydrogen) atoms. The van der Waals surface area contributed by atoms with Gasteiger partial charge >= 0.3 is 0 Å². The second kappa shape index (κ2) is 11.6. The van der Waals surface area contributed by atoms with Crippen LogP contribution in [0.1, 0.15) is 65.7 Å². The number of guanidine groups is 1. The molecule has 1 heterocycles. The molecule has 0 atom stereocenters. The Morgan fingerprint density at radius 1 is 1.08 bits per heavy atom. The average molecular weight is 450 g/mol. The highest BCUT2D eigenvalue weighted by Gasteiger charge is 2.40. The van der Waals surface area contributed by atoms with E-state index in [1.165, 1.54) is 70.5 Å². The number of nitrogens with one attached hydrogen (secondary N) is 1. The molecular formula is C19H39IN4. The van der Waals surface area contributed by atoms with Crippen LogP contribution in [0.3, 0.4) is 0 Å². The van der Waals surface area contributed by atoms with E-state index in [0.29, 0.717) is 5.41 Å². The Morgan fingerprint density at radius 3 is 2.42 bits per heavy atom. The molecule has 0 aromatic carbocycles. The van der Waals surface area contributed by atoms with Crippen molar-refractivity contribution in [2.24, 2.45) is 10.4 Å². The van der Waals surface area contributed by atoms with Crippen LogP contribution in [0, 0.1) is 5.41 Å². The van der Waals surface area contributed by atoms with Gasteiger partial charge in [-0.15, -0.1) is 24.0 Å². The molecule has 0 unspecified atom stereocenters. The van der Waals surface area contributed by atoms with Crippen LogP contribution in [-0.4, -0.2) is 61.6 Å². The molecule has 1 saturated heterocycles. The highest BCUT2D eigenvalue weighted by molar-refractivity contribution is 14.0.